The van der Waals surface area contributed by atoms with E-state index < -0.39 is 11.8 Å². The van der Waals surface area contributed by atoms with Crippen LogP contribution in [-0.2, 0) is 16.8 Å². The molecule has 1 aliphatic carbocycles. The molecule has 1 N–H and O–H groups in total. The van der Waals surface area contributed by atoms with Gasteiger partial charge in [0.05, 0.1) is 19.6 Å². The first-order chi connectivity index (χ1) is 10.1. The van der Waals surface area contributed by atoms with Crippen molar-refractivity contribution in [2.75, 3.05) is 26.3 Å². The molecule has 2 atom stereocenters. The van der Waals surface area contributed by atoms with Gasteiger partial charge in [0.1, 0.15) is 0 Å². The van der Waals surface area contributed by atoms with Crippen LogP contribution in [0.3, 0.4) is 0 Å². The standard InChI is InChI=1S/C12H16N4O5/c17-12-7-10(14-3-5-20-6-4-14)15(18)9(12)2-1-8-11(12)13-21-16(8)19/h10,17H,1-7H2. The molecule has 9 nitrogen and oxygen atoms in total. The van der Waals surface area contributed by atoms with Gasteiger partial charge < -0.3 is 20.3 Å². The van der Waals surface area contributed by atoms with E-state index in [9.17, 15) is 15.5 Å². The van der Waals surface area contributed by atoms with E-state index in [1.807, 2.05) is 4.90 Å². The molecule has 2 unspecified atom stereocenters. The summed E-state index contributed by atoms with van der Waals surface area (Å²) >= 11 is 0. The van der Waals surface area contributed by atoms with Crippen molar-refractivity contribution in [1.82, 2.24) is 10.1 Å². The van der Waals surface area contributed by atoms with E-state index >= 15 is 0 Å². The third kappa shape index (κ3) is 1.71. The maximum absolute atomic E-state index is 12.6. The molecule has 0 spiro atoms. The van der Waals surface area contributed by atoms with Gasteiger partial charge in [0.2, 0.25) is 23.2 Å². The van der Waals surface area contributed by atoms with Gasteiger partial charge in [-0.1, -0.05) is 0 Å². The lowest BCUT2D eigenvalue weighted by atomic mass is 9.82. The molecule has 2 aliphatic heterocycles. The molecule has 21 heavy (non-hydrogen) atoms. The number of aromatic nitrogens is 2. The summed E-state index contributed by atoms with van der Waals surface area (Å²) < 4.78 is 10.8. The van der Waals surface area contributed by atoms with Crippen LogP contribution in [0, 0.1) is 10.4 Å². The molecule has 114 valence electrons. The average Bonchev–Trinajstić information content (AvgIpc) is 3.00. The lowest BCUT2D eigenvalue weighted by Crippen LogP contribution is -2.47. The summed E-state index contributed by atoms with van der Waals surface area (Å²) in [5.74, 6) is 0. The molecule has 0 amide bonds. The fourth-order valence-electron chi connectivity index (χ4n) is 3.56. The monoisotopic (exact) mass is 296 g/mol. The maximum atomic E-state index is 12.6. The molecule has 0 saturated carbocycles. The van der Waals surface area contributed by atoms with Crippen LogP contribution in [-0.4, -0.2) is 58.1 Å². The normalized spacial score (nSPS) is 33.1. The third-order valence-electron chi connectivity index (χ3n) is 4.65. The first-order valence-electron chi connectivity index (χ1n) is 7.07. The van der Waals surface area contributed by atoms with Crippen molar-refractivity contribution in [2.45, 2.75) is 31.0 Å². The van der Waals surface area contributed by atoms with Crippen LogP contribution in [0.25, 0.3) is 0 Å². The van der Waals surface area contributed by atoms with E-state index in [0.29, 0.717) is 55.5 Å². The quantitative estimate of drug-likeness (QED) is 0.493. The molecular formula is C12H16N4O5. The zero-order valence-corrected chi connectivity index (χ0v) is 11.4. The number of ether oxygens (including phenoxy) is 1. The summed E-state index contributed by atoms with van der Waals surface area (Å²) in [6, 6.07) is 0. The zero-order chi connectivity index (χ0) is 14.6. The Kier molecular flexibility index (Phi) is 2.72. The van der Waals surface area contributed by atoms with Crippen LogP contribution in [0.4, 0.5) is 0 Å². The van der Waals surface area contributed by atoms with Gasteiger partial charge in [-0.3, -0.25) is 4.63 Å². The number of rotatable bonds is 1. The summed E-state index contributed by atoms with van der Waals surface area (Å²) in [5, 5.41) is 38.7. The minimum Gasteiger partial charge on any atom is -0.623 e. The number of nitrogens with zero attached hydrogens (tertiary/aromatic N) is 4. The highest BCUT2D eigenvalue weighted by atomic mass is 16.8. The van der Waals surface area contributed by atoms with Crippen LogP contribution >= 0.6 is 0 Å². The molecule has 1 saturated heterocycles. The number of hydrogen-bond acceptors (Lipinski definition) is 7. The zero-order valence-electron chi connectivity index (χ0n) is 11.4. The van der Waals surface area contributed by atoms with Gasteiger partial charge in [-0.15, -0.1) is 0 Å². The van der Waals surface area contributed by atoms with Gasteiger partial charge in [-0.2, -0.15) is 4.74 Å². The lowest BCUT2D eigenvalue weighted by Gasteiger charge is -2.30. The summed E-state index contributed by atoms with van der Waals surface area (Å²) in [6.45, 7) is 2.46. The SMILES string of the molecule is [O-][N+]1=C2CCc3c(no[n+]3[O-])C2(O)CC1N1CCOCC1. The molecular weight excluding hydrogens is 280 g/mol. The fraction of sp³-hybridized carbons (Fsp3) is 0.750. The molecule has 1 aromatic heterocycles. The van der Waals surface area contributed by atoms with Crippen LogP contribution in [0.2, 0.25) is 0 Å². The highest BCUT2D eigenvalue weighted by Gasteiger charge is 2.60. The average molecular weight is 296 g/mol. The molecule has 1 fully saturated rings. The first kappa shape index (κ1) is 13.0. The van der Waals surface area contributed by atoms with Crippen molar-refractivity contribution in [3.05, 3.63) is 21.8 Å². The van der Waals surface area contributed by atoms with Crippen molar-refractivity contribution in [1.29, 1.82) is 0 Å². The number of fused-ring (bicyclic) bond motifs is 3. The van der Waals surface area contributed by atoms with Gasteiger partial charge in [0.15, 0.2) is 0 Å². The molecule has 3 heterocycles. The van der Waals surface area contributed by atoms with Crippen molar-refractivity contribution < 1.29 is 24.1 Å². The summed E-state index contributed by atoms with van der Waals surface area (Å²) in [5.41, 5.74) is -0.606. The first-order valence-corrected chi connectivity index (χ1v) is 7.07. The van der Waals surface area contributed by atoms with E-state index in [0.717, 1.165) is 4.74 Å². The second kappa shape index (κ2) is 4.39. The van der Waals surface area contributed by atoms with Gasteiger partial charge in [0, 0.05) is 31.1 Å². The predicted molar refractivity (Wildman–Crippen MR) is 67.1 cm³/mol. The highest BCUT2D eigenvalue weighted by Crippen LogP contribution is 2.40. The highest BCUT2D eigenvalue weighted by molar-refractivity contribution is 5.91. The third-order valence-corrected chi connectivity index (χ3v) is 4.65. The minimum atomic E-state index is -1.49. The van der Waals surface area contributed by atoms with E-state index in [1.54, 1.807) is 0 Å². The van der Waals surface area contributed by atoms with E-state index in [4.69, 9.17) is 4.74 Å². The summed E-state index contributed by atoms with van der Waals surface area (Å²) in [4.78, 5) is 2.33. The van der Waals surface area contributed by atoms with Crippen molar-refractivity contribution in [2.24, 2.45) is 0 Å². The van der Waals surface area contributed by atoms with Crippen molar-refractivity contribution >= 4 is 5.71 Å². The Bertz CT molecular complexity index is 609. The number of hydroxylamine groups is 1. The van der Waals surface area contributed by atoms with Crippen LogP contribution in [0.1, 0.15) is 24.2 Å². The van der Waals surface area contributed by atoms with E-state index in [2.05, 4.69) is 9.79 Å². The largest absolute Gasteiger partial charge is 0.623 e. The van der Waals surface area contributed by atoms with Gasteiger partial charge in [-0.05, 0) is 4.90 Å². The molecule has 3 aliphatic rings. The van der Waals surface area contributed by atoms with Crippen molar-refractivity contribution in [3.8, 4) is 0 Å². The van der Waals surface area contributed by atoms with Crippen LogP contribution in [0.15, 0.2) is 4.63 Å². The second-order valence-corrected chi connectivity index (χ2v) is 5.69. The summed E-state index contributed by atoms with van der Waals surface area (Å²) in [6.07, 6.45) is 0.452. The topological polar surface area (TPSA) is 112 Å². The molecule has 0 radical (unpaired) electrons. The Morgan fingerprint density at radius 3 is 2.81 bits per heavy atom. The van der Waals surface area contributed by atoms with E-state index in [-0.39, 0.29) is 12.1 Å². The smallest absolute Gasteiger partial charge is 0.263 e. The summed E-state index contributed by atoms with van der Waals surface area (Å²) in [7, 11) is 0. The Labute approximate surface area is 120 Å². The predicted octanol–water partition coefficient (Wildman–Crippen LogP) is -1.54. The molecule has 0 aromatic carbocycles. The van der Waals surface area contributed by atoms with Gasteiger partial charge in [0.25, 0.3) is 5.69 Å². The van der Waals surface area contributed by atoms with E-state index in [1.165, 1.54) is 0 Å². The molecule has 1 aromatic rings. The Morgan fingerprint density at radius 1 is 1.29 bits per heavy atom. The lowest BCUT2D eigenvalue weighted by molar-refractivity contribution is -0.808. The second-order valence-electron chi connectivity index (χ2n) is 5.69. The fourth-order valence-corrected chi connectivity index (χ4v) is 3.56. The van der Waals surface area contributed by atoms with Crippen molar-refractivity contribution in [3.63, 3.8) is 0 Å². The number of morpholine rings is 1. The van der Waals surface area contributed by atoms with Gasteiger partial charge in [-0.25, -0.2) is 4.90 Å². The number of aliphatic hydroxyl groups is 1. The Hall–Kier alpha value is -1.71. The molecule has 4 rings (SSSR count). The van der Waals surface area contributed by atoms with Gasteiger partial charge >= 0.3 is 0 Å². The maximum Gasteiger partial charge on any atom is 0.263 e. The Morgan fingerprint density at radius 2 is 2.05 bits per heavy atom. The van der Waals surface area contributed by atoms with Crippen LogP contribution < -0.4 is 4.90 Å². The Balaban J connectivity index is 1.72. The minimum absolute atomic E-state index is 0.190. The molecule has 0 bridgehead atoms. The number of hydrogen-bond donors (Lipinski definition) is 1. The van der Waals surface area contributed by atoms with Crippen LogP contribution in [0.5, 0.6) is 0 Å². The molecule has 9 heteroatoms.